The van der Waals surface area contributed by atoms with Crippen LogP contribution in [-0.4, -0.2) is 5.91 Å². The summed E-state index contributed by atoms with van der Waals surface area (Å²) in [6.07, 6.45) is 4.35. The molecule has 0 heterocycles. The zero-order valence-corrected chi connectivity index (χ0v) is 11.5. The summed E-state index contributed by atoms with van der Waals surface area (Å²) in [6.45, 7) is 1.95. The topological polar surface area (TPSA) is 55.1 Å². The number of carbonyl (C=O) groups excluding carboxylic acids is 1. The molecule has 3 nitrogen and oxygen atoms in total. The van der Waals surface area contributed by atoms with Crippen molar-refractivity contribution in [3.8, 4) is 0 Å². The van der Waals surface area contributed by atoms with Crippen LogP contribution < -0.4 is 11.1 Å². The smallest absolute Gasteiger partial charge is 0.224 e. The van der Waals surface area contributed by atoms with Crippen molar-refractivity contribution < 1.29 is 4.79 Å². The second-order valence-corrected chi connectivity index (χ2v) is 4.96. The molecule has 1 aliphatic rings. The van der Waals surface area contributed by atoms with Gasteiger partial charge in [0.15, 0.2) is 0 Å². The Labute approximate surface area is 115 Å². The number of carbonyl (C=O) groups is 1. The van der Waals surface area contributed by atoms with Crippen LogP contribution in [0, 0.1) is 5.92 Å². The van der Waals surface area contributed by atoms with Gasteiger partial charge in [-0.3, -0.25) is 4.79 Å². The maximum Gasteiger partial charge on any atom is 0.224 e. The second-order valence-electron chi connectivity index (χ2n) is 4.96. The minimum atomic E-state index is 0. The summed E-state index contributed by atoms with van der Waals surface area (Å²) in [5.41, 5.74) is 7.71. The standard InChI is InChI=1S/C14H20N2O.ClH/c1-10(15)12-5-7-13(8-6-12)16-14(17)9-11-3-2-4-11;/h5-8,10-11H,2-4,9,15H2,1H3,(H,16,17);1H. The highest BCUT2D eigenvalue weighted by Crippen LogP contribution is 2.29. The molecule has 3 N–H and O–H groups in total. The van der Waals surface area contributed by atoms with Crippen LogP contribution in [0.3, 0.4) is 0 Å². The van der Waals surface area contributed by atoms with E-state index in [2.05, 4.69) is 5.32 Å². The molecule has 2 rings (SSSR count). The molecule has 1 aromatic rings. The third-order valence-electron chi connectivity index (χ3n) is 3.42. The molecule has 1 atom stereocenters. The largest absolute Gasteiger partial charge is 0.326 e. The SMILES string of the molecule is CC(N)c1ccc(NC(=O)CC2CCC2)cc1.Cl. The van der Waals surface area contributed by atoms with E-state index in [9.17, 15) is 4.79 Å². The van der Waals surface area contributed by atoms with E-state index in [-0.39, 0.29) is 24.4 Å². The number of rotatable bonds is 4. The third kappa shape index (κ3) is 4.00. The molecular weight excluding hydrogens is 248 g/mol. The number of hydrogen-bond donors (Lipinski definition) is 2. The molecule has 0 saturated heterocycles. The van der Waals surface area contributed by atoms with Crippen molar-refractivity contribution in [2.45, 2.75) is 38.6 Å². The van der Waals surface area contributed by atoms with Gasteiger partial charge in [-0.2, -0.15) is 0 Å². The van der Waals surface area contributed by atoms with Crippen molar-refractivity contribution >= 4 is 24.0 Å². The molecule has 0 bridgehead atoms. The minimum Gasteiger partial charge on any atom is -0.326 e. The first-order chi connectivity index (χ1) is 8.15. The van der Waals surface area contributed by atoms with E-state index < -0.39 is 0 Å². The number of amides is 1. The maximum absolute atomic E-state index is 11.7. The Balaban J connectivity index is 0.00000162. The van der Waals surface area contributed by atoms with Crippen LogP contribution in [0.5, 0.6) is 0 Å². The highest BCUT2D eigenvalue weighted by atomic mass is 35.5. The van der Waals surface area contributed by atoms with Gasteiger partial charge in [-0.15, -0.1) is 12.4 Å². The molecule has 1 saturated carbocycles. The predicted molar refractivity (Wildman–Crippen MR) is 76.9 cm³/mol. The van der Waals surface area contributed by atoms with E-state index in [0.717, 1.165) is 11.3 Å². The molecular formula is C14H21ClN2O. The van der Waals surface area contributed by atoms with E-state index >= 15 is 0 Å². The van der Waals surface area contributed by atoms with Crippen LogP contribution in [0.15, 0.2) is 24.3 Å². The Kier molecular flexibility index (Phi) is 5.63. The van der Waals surface area contributed by atoms with E-state index in [0.29, 0.717) is 12.3 Å². The van der Waals surface area contributed by atoms with Gasteiger partial charge in [-0.1, -0.05) is 18.6 Å². The molecule has 1 aromatic carbocycles. The average molecular weight is 269 g/mol. The first-order valence-corrected chi connectivity index (χ1v) is 6.30. The zero-order valence-electron chi connectivity index (χ0n) is 10.7. The Hall–Kier alpha value is -1.06. The monoisotopic (exact) mass is 268 g/mol. The van der Waals surface area contributed by atoms with Gasteiger partial charge in [0, 0.05) is 18.2 Å². The van der Waals surface area contributed by atoms with Crippen LogP contribution in [0.25, 0.3) is 0 Å². The van der Waals surface area contributed by atoms with Gasteiger partial charge in [0.1, 0.15) is 0 Å². The first kappa shape index (κ1) is 15.0. The van der Waals surface area contributed by atoms with Crippen molar-refractivity contribution in [2.75, 3.05) is 5.32 Å². The second kappa shape index (κ2) is 6.76. The van der Waals surface area contributed by atoms with Gasteiger partial charge in [0.2, 0.25) is 5.91 Å². The summed E-state index contributed by atoms with van der Waals surface area (Å²) >= 11 is 0. The lowest BCUT2D eigenvalue weighted by Crippen LogP contribution is -2.20. The van der Waals surface area contributed by atoms with Crippen molar-refractivity contribution in [3.63, 3.8) is 0 Å². The van der Waals surface area contributed by atoms with E-state index in [1.165, 1.54) is 19.3 Å². The zero-order chi connectivity index (χ0) is 12.3. The van der Waals surface area contributed by atoms with Gasteiger partial charge in [-0.05, 0) is 43.4 Å². The van der Waals surface area contributed by atoms with Crippen LogP contribution in [0.2, 0.25) is 0 Å². The molecule has 1 aliphatic carbocycles. The Morgan fingerprint density at radius 1 is 1.39 bits per heavy atom. The molecule has 0 aromatic heterocycles. The molecule has 0 radical (unpaired) electrons. The number of nitrogens with two attached hydrogens (primary N) is 1. The maximum atomic E-state index is 11.7. The van der Waals surface area contributed by atoms with Gasteiger partial charge >= 0.3 is 0 Å². The Morgan fingerprint density at radius 2 is 2.00 bits per heavy atom. The first-order valence-electron chi connectivity index (χ1n) is 6.30. The fraction of sp³-hybridized carbons (Fsp3) is 0.500. The number of halogens is 1. The molecule has 1 unspecified atom stereocenters. The van der Waals surface area contributed by atoms with Crippen molar-refractivity contribution in [1.82, 2.24) is 0 Å². The summed E-state index contributed by atoms with van der Waals surface area (Å²) in [5.74, 6) is 0.738. The van der Waals surface area contributed by atoms with Crippen molar-refractivity contribution in [3.05, 3.63) is 29.8 Å². The summed E-state index contributed by atoms with van der Waals surface area (Å²) in [4.78, 5) is 11.7. The molecule has 100 valence electrons. The lowest BCUT2D eigenvalue weighted by molar-refractivity contribution is -0.117. The minimum absolute atomic E-state index is 0. The number of hydrogen-bond acceptors (Lipinski definition) is 2. The summed E-state index contributed by atoms with van der Waals surface area (Å²) in [6, 6.07) is 7.79. The van der Waals surface area contributed by atoms with Crippen LogP contribution in [0.1, 0.15) is 44.2 Å². The molecule has 1 amide bonds. The number of anilines is 1. The van der Waals surface area contributed by atoms with Crippen molar-refractivity contribution in [2.24, 2.45) is 11.7 Å². The summed E-state index contributed by atoms with van der Waals surface area (Å²) < 4.78 is 0. The summed E-state index contributed by atoms with van der Waals surface area (Å²) in [7, 11) is 0. The number of benzene rings is 1. The highest BCUT2D eigenvalue weighted by molar-refractivity contribution is 5.90. The molecule has 0 aliphatic heterocycles. The molecule has 4 heteroatoms. The Bertz CT molecular complexity index is 385. The van der Waals surface area contributed by atoms with Crippen LogP contribution >= 0.6 is 12.4 Å². The quantitative estimate of drug-likeness (QED) is 0.881. The van der Waals surface area contributed by atoms with Crippen LogP contribution in [-0.2, 0) is 4.79 Å². The summed E-state index contributed by atoms with van der Waals surface area (Å²) in [5, 5.41) is 2.93. The third-order valence-corrected chi connectivity index (χ3v) is 3.42. The lowest BCUT2D eigenvalue weighted by Gasteiger charge is -2.24. The van der Waals surface area contributed by atoms with Gasteiger partial charge < -0.3 is 11.1 Å². The Morgan fingerprint density at radius 3 is 2.44 bits per heavy atom. The molecule has 18 heavy (non-hydrogen) atoms. The van der Waals surface area contributed by atoms with E-state index in [1.54, 1.807) is 0 Å². The highest BCUT2D eigenvalue weighted by Gasteiger charge is 2.20. The van der Waals surface area contributed by atoms with Crippen molar-refractivity contribution in [1.29, 1.82) is 0 Å². The van der Waals surface area contributed by atoms with Gasteiger partial charge in [0.25, 0.3) is 0 Å². The van der Waals surface area contributed by atoms with Gasteiger partial charge in [-0.25, -0.2) is 0 Å². The fourth-order valence-electron chi connectivity index (χ4n) is 2.04. The molecule has 0 spiro atoms. The van der Waals surface area contributed by atoms with Gasteiger partial charge in [0.05, 0.1) is 0 Å². The van der Waals surface area contributed by atoms with E-state index in [1.807, 2.05) is 31.2 Å². The normalized spacial score (nSPS) is 16.3. The number of nitrogens with one attached hydrogen (secondary N) is 1. The van der Waals surface area contributed by atoms with E-state index in [4.69, 9.17) is 5.73 Å². The lowest BCUT2D eigenvalue weighted by atomic mass is 9.83. The predicted octanol–water partition coefficient (Wildman–Crippen LogP) is 3.26. The fourth-order valence-corrected chi connectivity index (χ4v) is 2.04. The van der Waals surface area contributed by atoms with Crippen LogP contribution in [0.4, 0.5) is 5.69 Å². The average Bonchev–Trinajstić information content (AvgIpc) is 2.24. The molecule has 1 fully saturated rings.